The molecule has 0 amide bonds. The summed E-state index contributed by atoms with van der Waals surface area (Å²) < 4.78 is 28.6. The lowest BCUT2D eigenvalue weighted by molar-refractivity contribution is 0.122. The lowest BCUT2D eigenvalue weighted by Crippen LogP contribution is -2.50. The average Bonchev–Trinajstić information content (AvgIpc) is 2.74. The fraction of sp³-hybridized carbons (Fsp3) is 0.333. The van der Waals surface area contributed by atoms with Crippen LogP contribution in [0.25, 0.3) is 10.8 Å². The molecule has 0 radical (unpaired) electrons. The highest BCUT2D eigenvalue weighted by Crippen LogP contribution is 2.19. The number of halogens is 1. The highest BCUT2D eigenvalue weighted by atomic mass is 35.5. The highest BCUT2D eigenvalue weighted by Gasteiger charge is 2.22. The van der Waals surface area contributed by atoms with Gasteiger partial charge >= 0.3 is 0 Å². The fourth-order valence-electron chi connectivity index (χ4n) is 4.12. The lowest BCUT2D eigenvalue weighted by atomic mass is 10.1. The zero-order chi connectivity index (χ0) is 21.8. The first-order chi connectivity index (χ1) is 14.9. The minimum absolute atomic E-state index is 0.170. The number of sulfonamides is 1. The van der Waals surface area contributed by atoms with Crippen molar-refractivity contribution in [2.45, 2.75) is 24.4 Å². The van der Waals surface area contributed by atoms with Gasteiger partial charge in [-0.2, -0.15) is 0 Å². The van der Waals surface area contributed by atoms with Crippen LogP contribution in [-0.4, -0.2) is 57.0 Å². The maximum atomic E-state index is 12.9. The number of hydrogen-bond acceptors (Lipinski definition) is 4. The zero-order valence-electron chi connectivity index (χ0n) is 17.7. The van der Waals surface area contributed by atoms with E-state index >= 15 is 0 Å². The van der Waals surface area contributed by atoms with Gasteiger partial charge in [0.05, 0.1) is 4.90 Å². The molecule has 1 saturated heterocycles. The number of hydrogen-bond donors (Lipinski definition) is 1. The van der Waals surface area contributed by atoms with E-state index in [1.807, 2.05) is 55.5 Å². The van der Waals surface area contributed by atoms with Crippen molar-refractivity contribution in [1.29, 1.82) is 0 Å². The summed E-state index contributed by atoms with van der Waals surface area (Å²) in [6.07, 6.45) is 0. The quantitative estimate of drug-likeness (QED) is 0.583. The van der Waals surface area contributed by atoms with E-state index in [2.05, 4.69) is 20.6 Å². The molecule has 0 unspecified atom stereocenters. The summed E-state index contributed by atoms with van der Waals surface area (Å²) in [5.41, 5.74) is 1.22. The number of nitrogens with one attached hydrogen (secondary N) is 1. The molecule has 0 aliphatic carbocycles. The number of rotatable bonds is 7. The third-order valence-corrected chi connectivity index (χ3v) is 7.50. The van der Waals surface area contributed by atoms with Crippen molar-refractivity contribution in [2.75, 3.05) is 32.7 Å². The van der Waals surface area contributed by atoms with Gasteiger partial charge in [-0.15, -0.1) is 0 Å². The van der Waals surface area contributed by atoms with Gasteiger partial charge in [-0.05, 0) is 47.5 Å². The second-order valence-corrected chi connectivity index (χ2v) is 10.4. The van der Waals surface area contributed by atoms with E-state index in [0.29, 0.717) is 11.4 Å². The van der Waals surface area contributed by atoms with Crippen LogP contribution in [-0.2, 0) is 16.6 Å². The maximum absolute atomic E-state index is 12.9. The predicted molar refractivity (Wildman–Crippen MR) is 127 cm³/mol. The summed E-state index contributed by atoms with van der Waals surface area (Å²) in [5.74, 6) is 0. The van der Waals surface area contributed by atoms with Crippen molar-refractivity contribution >= 4 is 32.4 Å². The Bertz CT molecular complexity index is 1140. The topological polar surface area (TPSA) is 52.6 Å². The molecule has 1 aliphatic rings. The molecular formula is C24H28ClN3O2S. The smallest absolute Gasteiger partial charge is 0.240 e. The monoisotopic (exact) mass is 457 g/mol. The Morgan fingerprint density at radius 1 is 0.903 bits per heavy atom. The Morgan fingerprint density at radius 2 is 1.61 bits per heavy atom. The number of benzene rings is 3. The Labute approximate surface area is 189 Å². The highest BCUT2D eigenvalue weighted by molar-refractivity contribution is 7.89. The summed E-state index contributed by atoms with van der Waals surface area (Å²) >= 11 is 6.09. The second kappa shape index (κ2) is 9.67. The Kier molecular flexibility index (Phi) is 6.94. The van der Waals surface area contributed by atoms with Crippen LogP contribution in [0, 0.1) is 0 Å². The van der Waals surface area contributed by atoms with E-state index in [-0.39, 0.29) is 6.04 Å². The normalized spacial score (nSPS) is 17.1. The molecule has 1 aliphatic heterocycles. The first-order valence-electron chi connectivity index (χ1n) is 10.6. The van der Waals surface area contributed by atoms with Gasteiger partial charge in [-0.1, -0.05) is 54.1 Å². The molecule has 0 spiro atoms. The molecule has 1 N–H and O–H groups in total. The van der Waals surface area contributed by atoms with Gasteiger partial charge in [-0.3, -0.25) is 9.80 Å². The molecule has 0 bridgehead atoms. The minimum atomic E-state index is -3.56. The van der Waals surface area contributed by atoms with Crippen molar-refractivity contribution in [3.8, 4) is 0 Å². The molecule has 5 nitrogen and oxygen atoms in total. The van der Waals surface area contributed by atoms with Crippen LogP contribution in [0.3, 0.4) is 0 Å². The van der Waals surface area contributed by atoms with Crippen LogP contribution in [0.1, 0.15) is 12.5 Å². The minimum Gasteiger partial charge on any atom is -0.299 e. The van der Waals surface area contributed by atoms with Gasteiger partial charge in [0.1, 0.15) is 0 Å². The Balaban J connectivity index is 1.30. The molecule has 3 aromatic carbocycles. The summed E-state index contributed by atoms with van der Waals surface area (Å²) in [4.78, 5) is 5.04. The van der Waals surface area contributed by atoms with E-state index in [9.17, 15) is 8.42 Å². The van der Waals surface area contributed by atoms with Crippen LogP contribution in [0.5, 0.6) is 0 Å². The molecule has 0 aromatic heterocycles. The fourth-order valence-corrected chi connectivity index (χ4v) is 5.60. The molecule has 0 saturated carbocycles. The van der Waals surface area contributed by atoms with Gasteiger partial charge in [0.25, 0.3) is 0 Å². The maximum Gasteiger partial charge on any atom is 0.240 e. The van der Waals surface area contributed by atoms with E-state index in [1.165, 1.54) is 5.56 Å². The Morgan fingerprint density at radius 3 is 2.35 bits per heavy atom. The molecule has 3 aromatic rings. The van der Waals surface area contributed by atoms with Crippen molar-refractivity contribution in [1.82, 2.24) is 14.5 Å². The van der Waals surface area contributed by atoms with Crippen molar-refractivity contribution < 1.29 is 8.42 Å². The summed E-state index contributed by atoms with van der Waals surface area (Å²) in [6, 6.07) is 20.9. The zero-order valence-corrected chi connectivity index (χ0v) is 19.2. The lowest BCUT2D eigenvalue weighted by Gasteiger charge is -2.36. The van der Waals surface area contributed by atoms with Crippen LogP contribution < -0.4 is 4.72 Å². The van der Waals surface area contributed by atoms with Gasteiger partial charge in [-0.25, -0.2) is 13.1 Å². The van der Waals surface area contributed by atoms with Gasteiger partial charge < -0.3 is 0 Å². The molecule has 1 atom stereocenters. The molecule has 1 heterocycles. The Hall–Kier alpha value is -1.96. The number of piperazine rings is 1. The van der Waals surface area contributed by atoms with E-state index in [4.69, 9.17) is 11.6 Å². The summed E-state index contributed by atoms with van der Waals surface area (Å²) in [7, 11) is -3.56. The molecule has 4 rings (SSSR count). The van der Waals surface area contributed by atoms with Crippen LogP contribution in [0.15, 0.2) is 71.6 Å². The molecule has 164 valence electrons. The SMILES string of the molecule is C[C@H](CN1CCN(Cc2cccc(Cl)c2)CC1)NS(=O)(=O)c1ccc2ccccc2c1. The van der Waals surface area contributed by atoms with Gasteiger partial charge in [0.15, 0.2) is 0 Å². The van der Waals surface area contributed by atoms with Gasteiger partial charge in [0, 0.05) is 50.3 Å². The first kappa shape index (κ1) is 22.2. The third-order valence-electron chi connectivity index (χ3n) is 5.68. The number of nitrogens with zero attached hydrogens (tertiary/aromatic N) is 2. The standard InChI is InChI=1S/C24H28ClN3O2S/c1-19(26-31(29,30)24-10-9-21-6-2-3-7-22(21)16-24)17-27-11-13-28(14-12-27)18-20-5-4-8-23(25)15-20/h2-10,15-16,19,26H,11-14,17-18H2,1H3/t19-/m1/s1. The molecule has 1 fully saturated rings. The van der Waals surface area contributed by atoms with Crippen molar-refractivity contribution in [3.05, 3.63) is 77.3 Å². The summed E-state index contributed by atoms with van der Waals surface area (Å²) in [6.45, 7) is 7.26. The van der Waals surface area contributed by atoms with Crippen molar-refractivity contribution in [2.24, 2.45) is 0 Å². The van der Waals surface area contributed by atoms with Crippen molar-refractivity contribution in [3.63, 3.8) is 0 Å². The van der Waals surface area contributed by atoms with E-state index in [0.717, 1.165) is 48.5 Å². The molecule has 31 heavy (non-hydrogen) atoms. The predicted octanol–water partition coefficient (Wildman–Crippen LogP) is 3.98. The van der Waals surface area contributed by atoms with E-state index < -0.39 is 10.0 Å². The number of fused-ring (bicyclic) bond motifs is 1. The molecule has 7 heteroatoms. The second-order valence-electron chi connectivity index (χ2n) is 8.24. The van der Waals surface area contributed by atoms with Crippen LogP contribution >= 0.6 is 11.6 Å². The summed E-state index contributed by atoms with van der Waals surface area (Å²) in [5, 5.41) is 2.72. The average molecular weight is 458 g/mol. The van der Waals surface area contributed by atoms with Crippen LogP contribution in [0.2, 0.25) is 5.02 Å². The van der Waals surface area contributed by atoms with Gasteiger partial charge in [0.2, 0.25) is 10.0 Å². The first-order valence-corrected chi connectivity index (χ1v) is 12.5. The molecular weight excluding hydrogens is 430 g/mol. The van der Waals surface area contributed by atoms with Crippen LogP contribution in [0.4, 0.5) is 0 Å². The third kappa shape index (κ3) is 5.84. The van der Waals surface area contributed by atoms with E-state index in [1.54, 1.807) is 12.1 Å². The largest absolute Gasteiger partial charge is 0.299 e.